The van der Waals surface area contributed by atoms with Crippen LogP contribution in [-0.2, 0) is 27.3 Å². The maximum atomic E-state index is 14.6. The number of nitriles is 1. The van der Waals surface area contributed by atoms with Gasteiger partial charge in [-0.1, -0.05) is 18.2 Å². The SMILES string of the molecule is N#Cc1ccccc1CC(=O)N1CCN(c2cc(F)cc3c2CN(C2CCC(=O)NC2=O)C3=O)CC1. The number of halogens is 1. The molecule has 1 atom stereocenters. The van der Waals surface area contributed by atoms with E-state index in [0.29, 0.717) is 48.6 Å². The summed E-state index contributed by atoms with van der Waals surface area (Å²) in [6.45, 7) is 1.90. The number of amides is 4. The minimum Gasteiger partial charge on any atom is -0.368 e. The van der Waals surface area contributed by atoms with Gasteiger partial charge in [-0.25, -0.2) is 4.39 Å². The molecule has 184 valence electrons. The zero-order chi connectivity index (χ0) is 25.4. The minimum atomic E-state index is -0.774. The fourth-order valence-corrected chi connectivity index (χ4v) is 5.14. The Hall–Kier alpha value is -4.26. The molecule has 9 nitrogen and oxygen atoms in total. The van der Waals surface area contributed by atoms with Gasteiger partial charge in [0.15, 0.2) is 0 Å². The number of hydrogen-bond acceptors (Lipinski definition) is 6. The van der Waals surface area contributed by atoms with Gasteiger partial charge in [0.05, 0.1) is 18.1 Å². The van der Waals surface area contributed by atoms with E-state index in [0.717, 1.165) is 0 Å². The van der Waals surface area contributed by atoms with Crippen LogP contribution in [0.1, 0.15) is 39.9 Å². The average Bonchev–Trinajstić information content (AvgIpc) is 3.20. The molecule has 36 heavy (non-hydrogen) atoms. The van der Waals surface area contributed by atoms with Crippen LogP contribution >= 0.6 is 0 Å². The molecule has 5 rings (SSSR count). The topological polar surface area (TPSA) is 114 Å². The Balaban J connectivity index is 1.29. The Bertz CT molecular complexity index is 1310. The molecule has 0 radical (unpaired) electrons. The van der Waals surface area contributed by atoms with Crippen LogP contribution in [0.5, 0.6) is 0 Å². The molecule has 3 aliphatic heterocycles. The molecule has 1 unspecified atom stereocenters. The first-order valence-corrected chi connectivity index (χ1v) is 11.8. The highest BCUT2D eigenvalue weighted by Crippen LogP contribution is 2.35. The molecule has 3 heterocycles. The molecule has 4 amide bonds. The maximum Gasteiger partial charge on any atom is 0.255 e. The van der Waals surface area contributed by atoms with Crippen molar-refractivity contribution in [1.82, 2.24) is 15.1 Å². The van der Waals surface area contributed by atoms with Crippen molar-refractivity contribution in [2.24, 2.45) is 0 Å². The van der Waals surface area contributed by atoms with Crippen LogP contribution in [0.15, 0.2) is 36.4 Å². The molecule has 0 spiro atoms. The van der Waals surface area contributed by atoms with Gasteiger partial charge in [0.1, 0.15) is 11.9 Å². The first-order valence-electron chi connectivity index (χ1n) is 11.8. The van der Waals surface area contributed by atoms with Crippen LogP contribution in [0.4, 0.5) is 10.1 Å². The first-order chi connectivity index (χ1) is 17.4. The largest absolute Gasteiger partial charge is 0.368 e. The summed E-state index contributed by atoms with van der Waals surface area (Å²) in [5.74, 6) is -1.93. The lowest BCUT2D eigenvalue weighted by Crippen LogP contribution is -2.52. The van der Waals surface area contributed by atoms with E-state index in [1.807, 2.05) is 4.90 Å². The number of hydrogen-bond donors (Lipinski definition) is 1. The number of rotatable bonds is 4. The molecular formula is C26H24FN5O4. The molecule has 2 aromatic rings. The van der Waals surface area contributed by atoms with Crippen LogP contribution in [0.25, 0.3) is 0 Å². The molecule has 0 aromatic heterocycles. The quantitative estimate of drug-likeness (QED) is 0.649. The third kappa shape index (κ3) is 4.28. The Labute approximate surface area is 207 Å². The van der Waals surface area contributed by atoms with Crippen molar-refractivity contribution < 1.29 is 23.6 Å². The maximum absolute atomic E-state index is 14.6. The Kier molecular flexibility index (Phi) is 6.14. The number of nitrogens with zero attached hydrogens (tertiary/aromatic N) is 4. The summed E-state index contributed by atoms with van der Waals surface area (Å²) in [6, 6.07) is 10.9. The molecule has 2 aromatic carbocycles. The summed E-state index contributed by atoms with van der Waals surface area (Å²) in [5, 5.41) is 11.5. The Morgan fingerprint density at radius 1 is 1.11 bits per heavy atom. The van der Waals surface area contributed by atoms with Crippen LogP contribution in [0, 0.1) is 17.1 Å². The fraction of sp³-hybridized carbons (Fsp3) is 0.346. The summed E-state index contributed by atoms with van der Waals surface area (Å²) in [4.78, 5) is 54.9. The van der Waals surface area contributed by atoms with Gasteiger partial charge in [-0.15, -0.1) is 0 Å². The standard InChI is InChI=1S/C26H24FN5O4/c27-18-12-19-20(15-32(26(19)36)21-5-6-23(33)29-25(21)35)22(13-18)30-7-9-31(10-8-30)24(34)11-16-3-1-2-4-17(16)14-28/h1-4,12-13,21H,5-11,15H2,(H,29,33,35). The molecule has 1 N–H and O–H groups in total. The third-order valence-corrected chi connectivity index (χ3v) is 7.05. The molecule has 2 saturated heterocycles. The normalized spacial score (nSPS) is 19.7. The molecule has 2 fully saturated rings. The second-order valence-corrected chi connectivity index (χ2v) is 9.16. The lowest BCUT2D eigenvalue weighted by Gasteiger charge is -2.37. The lowest BCUT2D eigenvalue weighted by atomic mass is 10.0. The number of fused-ring (bicyclic) bond motifs is 1. The second kappa shape index (κ2) is 9.41. The highest BCUT2D eigenvalue weighted by Gasteiger charge is 2.41. The molecule has 0 saturated carbocycles. The predicted molar refractivity (Wildman–Crippen MR) is 126 cm³/mol. The van der Waals surface area contributed by atoms with Crippen molar-refractivity contribution in [3.8, 4) is 6.07 Å². The van der Waals surface area contributed by atoms with E-state index in [9.17, 15) is 28.8 Å². The van der Waals surface area contributed by atoms with Gasteiger partial charge >= 0.3 is 0 Å². The van der Waals surface area contributed by atoms with Crippen molar-refractivity contribution in [1.29, 1.82) is 5.26 Å². The van der Waals surface area contributed by atoms with Crippen LogP contribution in [0.2, 0.25) is 0 Å². The highest BCUT2D eigenvalue weighted by molar-refractivity contribution is 6.06. The van der Waals surface area contributed by atoms with E-state index in [-0.39, 0.29) is 43.2 Å². The summed E-state index contributed by atoms with van der Waals surface area (Å²) >= 11 is 0. The van der Waals surface area contributed by atoms with Gasteiger partial charge in [0, 0.05) is 56.0 Å². The molecule has 3 aliphatic rings. The molecule has 0 aliphatic carbocycles. The molecule has 0 bridgehead atoms. The van der Waals surface area contributed by atoms with Crippen LogP contribution < -0.4 is 10.2 Å². The van der Waals surface area contributed by atoms with Crippen molar-refractivity contribution >= 4 is 29.3 Å². The minimum absolute atomic E-state index is 0.0824. The first kappa shape index (κ1) is 23.5. The molecular weight excluding hydrogens is 465 g/mol. The van der Waals surface area contributed by atoms with E-state index in [2.05, 4.69) is 11.4 Å². The van der Waals surface area contributed by atoms with E-state index < -0.39 is 23.7 Å². The average molecular weight is 490 g/mol. The lowest BCUT2D eigenvalue weighted by molar-refractivity contribution is -0.137. The summed E-state index contributed by atoms with van der Waals surface area (Å²) in [7, 11) is 0. The smallest absolute Gasteiger partial charge is 0.255 e. The van der Waals surface area contributed by atoms with E-state index in [4.69, 9.17) is 0 Å². The number of imide groups is 1. The summed E-state index contributed by atoms with van der Waals surface area (Å²) in [6.07, 6.45) is 0.513. The number of nitrogens with one attached hydrogen (secondary N) is 1. The van der Waals surface area contributed by atoms with Gasteiger partial charge in [0.25, 0.3) is 5.91 Å². The summed E-state index contributed by atoms with van der Waals surface area (Å²) < 4.78 is 14.6. The fourth-order valence-electron chi connectivity index (χ4n) is 5.14. The van der Waals surface area contributed by atoms with Gasteiger partial charge < -0.3 is 14.7 Å². The molecule has 10 heteroatoms. The number of piperidine rings is 1. The highest BCUT2D eigenvalue weighted by atomic mass is 19.1. The Morgan fingerprint density at radius 2 is 1.86 bits per heavy atom. The van der Waals surface area contributed by atoms with E-state index in [1.54, 1.807) is 29.2 Å². The second-order valence-electron chi connectivity index (χ2n) is 9.16. The van der Waals surface area contributed by atoms with Crippen molar-refractivity contribution in [3.63, 3.8) is 0 Å². The van der Waals surface area contributed by atoms with Gasteiger partial charge in [-0.3, -0.25) is 24.5 Å². The third-order valence-electron chi connectivity index (χ3n) is 7.05. The summed E-state index contributed by atoms with van der Waals surface area (Å²) in [5.41, 5.74) is 2.61. The zero-order valence-corrected chi connectivity index (χ0v) is 19.5. The van der Waals surface area contributed by atoms with Crippen molar-refractivity contribution in [2.45, 2.75) is 31.8 Å². The number of carbonyl (C=O) groups is 4. The Morgan fingerprint density at radius 3 is 2.58 bits per heavy atom. The van der Waals surface area contributed by atoms with E-state index >= 15 is 0 Å². The van der Waals surface area contributed by atoms with Crippen LogP contribution in [-0.4, -0.2) is 65.6 Å². The van der Waals surface area contributed by atoms with Crippen molar-refractivity contribution in [3.05, 3.63) is 64.5 Å². The number of carbonyl (C=O) groups excluding carboxylic acids is 4. The van der Waals surface area contributed by atoms with Gasteiger partial charge in [-0.05, 0) is 30.2 Å². The monoisotopic (exact) mass is 489 g/mol. The zero-order valence-electron chi connectivity index (χ0n) is 19.5. The van der Waals surface area contributed by atoms with Crippen molar-refractivity contribution in [2.75, 3.05) is 31.1 Å². The number of anilines is 1. The number of benzene rings is 2. The number of piperazine rings is 1. The van der Waals surface area contributed by atoms with Crippen LogP contribution in [0.3, 0.4) is 0 Å². The predicted octanol–water partition coefficient (Wildman–Crippen LogP) is 1.35. The van der Waals surface area contributed by atoms with Gasteiger partial charge in [-0.2, -0.15) is 5.26 Å². The van der Waals surface area contributed by atoms with E-state index in [1.165, 1.54) is 17.0 Å². The van der Waals surface area contributed by atoms with Gasteiger partial charge in [0.2, 0.25) is 17.7 Å².